The number of benzene rings is 1. The van der Waals surface area contributed by atoms with Crippen LogP contribution in [0.25, 0.3) is 0 Å². The molecular weight excluding hydrogens is 188 g/mol. The topological polar surface area (TPSA) is 38.5 Å². The van der Waals surface area contributed by atoms with Gasteiger partial charge in [0.15, 0.2) is 0 Å². The summed E-state index contributed by atoms with van der Waals surface area (Å²) in [7, 11) is 1.74. The third kappa shape index (κ3) is 2.20. The molecular formula is C12H18N2O. The maximum absolute atomic E-state index is 5.68. The summed E-state index contributed by atoms with van der Waals surface area (Å²) in [5.74, 6) is 0. The van der Waals surface area contributed by atoms with E-state index in [0.29, 0.717) is 6.54 Å². The lowest BCUT2D eigenvalue weighted by Gasteiger charge is -2.48. The fourth-order valence-corrected chi connectivity index (χ4v) is 2.06. The zero-order chi connectivity index (χ0) is 10.7. The van der Waals surface area contributed by atoms with Gasteiger partial charge in [-0.05, 0) is 5.56 Å². The SMILES string of the molecule is COC1(CN)CN(Cc2ccccc2)C1. The van der Waals surface area contributed by atoms with Crippen molar-refractivity contribution >= 4 is 0 Å². The molecule has 0 aliphatic carbocycles. The van der Waals surface area contributed by atoms with Crippen molar-refractivity contribution in [2.24, 2.45) is 5.73 Å². The van der Waals surface area contributed by atoms with Crippen LogP contribution in [0.5, 0.6) is 0 Å². The van der Waals surface area contributed by atoms with E-state index in [0.717, 1.165) is 19.6 Å². The van der Waals surface area contributed by atoms with E-state index < -0.39 is 0 Å². The Morgan fingerprint density at radius 1 is 1.33 bits per heavy atom. The van der Waals surface area contributed by atoms with E-state index in [1.807, 2.05) is 6.07 Å². The van der Waals surface area contributed by atoms with Crippen LogP contribution in [0.2, 0.25) is 0 Å². The molecule has 0 saturated carbocycles. The Bertz CT molecular complexity index is 301. The first kappa shape index (κ1) is 10.6. The highest BCUT2D eigenvalue weighted by Gasteiger charge is 2.41. The summed E-state index contributed by atoms with van der Waals surface area (Å²) in [6.07, 6.45) is 0. The summed E-state index contributed by atoms with van der Waals surface area (Å²) in [5.41, 5.74) is 6.94. The molecule has 1 aliphatic heterocycles. The zero-order valence-electron chi connectivity index (χ0n) is 9.15. The third-order valence-electron chi connectivity index (χ3n) is 3.08. The van der Waals surface area contributed by atoms with Crippen LogP contribution in [0.3, 0.4) is 0 Å². The molecule has 1 heterocycles. The molecule has 0 amide bonds. The molecule has 0 spiro atoms. The largest absolute Gasteiger partial charge is 0.374 e. The highest BCUT2D eigenvalue weighted by Crippen LogP contribution is 2.24. The number of hydrogen-bond acceptors (Lipinski definition) is 3. The van der Waals surface area contributed by atoms with E-state index in [1.54, 1.807) is 7.11 Å². The van der Waals surface area contributed by atoms with Gasteiger partial charge in [0.05, 0.1) is 0 Å². The van der Waals surface area contributed by atoms with Gasteiger partial charge in [0.1, 0.15) is 5.60 Å². The van der Waals surface area contributed by atoms with Gasteiger partial charge < -0.3 is 10.5 Å². The van der Waals surface area contributed by atoms with Crippen molar-refractivity contribution in [3.05, 3.63) is 35.9 Å². The lowest BCUT2D eigenvalue weighted by molar-refractivity contribution is -0.120. The van der Waals surface area contributed by atoms with Gasteiger partial charge in [0.25, 0.3) is 0 Å². The molecule has 15 heavy (non-hydrogen) atoms. The van der Waals surface area contributed by atoms with Gasteiger partial charge in [-0.25, -0.2) is 0 Å². The highest BCUT2D eigenvalue weighted by atomic mass is 16.5. The number of methoxy groups -OCH3 is 1. The van der Waals surface area contributed by atoms with Crippen molar-refractivity contribution in [2.75, 3.05) is 26.7 Å². The summed E-state index contributed by atoms with van der Waals surface area (Å²) in [5, 5.41) is 0. The summed E-state index contributed by atoms with van der Waals surface area (Å²) >= 11 is 0. The van der Waals surface area contributed by atoms with Gasteiger partial charge in [-0.15, -0.1) is 0 Å². The number of ether oxygens (including phenoxy) is 1. The van der Waals surface area contributed by atoms with Gasteiger partial charge in [-0.2, -0.15) is 0 Å². The van der Waals surface area contributed by atoms with Crippen molar-refractivity contribution in [3.8, 4) is 0 Å². The van der Waals surface area contributed by atoms with E-state index in [1.165, 1.54) is 5.56 Å². The first-order chi connectivity index (χ1) is 7.28. The number of likely N-dealkylation sites (tertiary alicyclic amines) is 1. The molecule has 0 atom stereocenters. The van der Waals surface area contributed by atoms with E-state index in [-0.39, 0.29) is 5.60 Å². The molecule has 2 rings (SSSR count). The monoisotopic (exact) mass is 206 g/mol. The molecule has 0 unspecified atom stereocenters. The summed E-state index contributed by atoms with van der Waals surface area (Å²) < 4.78 is 5.42. The van der Waals surface area contributed by atoms with Gasteiger partial charge in [-0.3, -0.25) is 4.90 Å². The Balaban J connectivity index is 1.86. The van der Waals surface area contributed by atoms with E-state index >= 15 is 0 Å². The molecule has 1 aliphatic rings. The number of nitrogens with two attached hydrogens (primary N) is 1. The van der Waals surface area contributed by atoms with Crippen molar-refractivity contribution in [2.45, 2.75) is 12.1 Å². The van der Waals surface area contributed by atoms with Crippen LogP contribution >= 0.6 is 0 Å². The first-order valence-electron chi connectivity index (χ1n) is 5.29. The molecule has 0 aromatic heterocycles. The van der Waals surface area contributed by atoms with Crippen LogP contribution in [0, 0.1) is 0 Å². The van der Waals surface area contributed by atoms with Crippen LogP contribution in [-0.2, 0) is 11.3 Å². The molecule has 3 nitrogen and oxygen atoms in total. The number of nitrogens with zero attached hydrogens (tertiary/aromatic N) is 1. The maximum atomic E-state index is 5.68. The van der Waals surface area contributed by atoms with Gasteiger partial charge >= 0.3 is 0 Å². The van der Waals surface area contributed by atoms with Crippen molar-refractivity contribution < 1.29 is 4.74 Å². The van der Waals surface area contributed by atoms with E-state index in [2.05, 4.69) is 29.2 Å². The molecule has 1 fully saturated rings. The average Bonchev–Trinajstić information content (AvgIpc) is 2.24. The van der Waals surface area contributed by atoms with Crippen LogP contribution in [0.15, 0.2) is 30.3 Å². The standard InChI is InChI=1S/C12H18N2O/c1-15-12(8-13)9-14(10-12)7-11-5-3-2-4-6-11/h2-6H,7-10,13H2,1H3. The Kier molecular flexibility index (Phi) is 3.05. The summed E-state index contributed by atoms with van der Waals surface area (Å²) in [6, 6.07) is 10.5. The Morgan fingerprint density at radius 3 is 2.53 bits per heavy atom. The second kappa shape index (κ2) is 4.31. The fourth-order valence-electron chi connectivity index (χ4n) is 2.06. The van der Waals surface area contributed by atoms with Crippen molar-refractivity contribution in [1.82, 2.24) is 4.90 Å². The second-order valence-corrected chi connectivity index (χ2v) is 4.22. The smallest absolute Gasteiger partial charge is 0.105 e. The predicted molar refractivity (Wildman–Crippen MR) is 60.5 cm³/mol. The Labute approximate surface area is 90.8 Å². The molecule has 1 aromatic carbocycles. The van der Waals surface area contributed by atoms with E-state index in [9.17, 15) is 0 Å². The quantitative estimate of drug-likeness (QED) is 0.793. The van der Waals surface area contributed by atoms with Crippen LogP contribution in [0.4, 0.5) is 0 Å². The zero-order valence-corrected chi connectivity index (χ0v) is 9.15. The minimum atomic E-state index is -0.0885. The third-order valence-corrected chi connectivity index (χ3v) is 3.08. The molecule has 0 bridgehead atoms. The molecule has 82 valence electrons. The maximum Gasteiger partial charge on any atom is 0.105 e. The Morgan fingerprint density at radius 2 is 2.00 bits per heavy atom. The number of rotatable bonds is 4. The minimum absolute atomic E-state index is 0.0885. The van der Waals surface area contributed by atoms with Crippen molar-refractivity contribution in [1.29, 1.82) is 0 Å². The lowest BCUT2D eigenvalue weighted by Crippen LogP contribution is -2.65. The molecule has 3 heteroatoms. The fraction of sp³-hybridized carbons (Fsp3) is 0.500. The summed E-state index contributed by atoms with van der Waals surface area (Å²) in [4.78, 5) is 2.35. The number of hydrogen-bond donors (Lipinski definition) is 1. The molecule has 2 N–H and O–H groups in total. The Hall–Kier alpha value is -0.900. The van der Waals surface area contributed by atoms with Gasteiger partial charge in [0.2, 0.25) is 0 Å². The van der Waals surface area contributed by atoms with Crippen LogP contribution in [-0.4, -0.2) is 37.2 Å². The van der Waals surface area contributed by atoms with Gasteiger partial charge in [-0.1, -0.05) is 30.3 Å². The highest BCUT2D eigenvalue weighted by molar-refractivity contribution is 5.15. The lowest BCUT2D eigenvalue weighted by atomic mass is 9.93. The minimum Gasteiger partial charge on any atom is -0.374 e. The van der Waals surface area contributed by atoms with Gasteiger partial charge in [0, 0.05) is 33.3 Å². The van der Waals surface area contributed by atoms with Crippen LogP contribution < -0.4 is 5.73 Å². The molecule has 1 saturated heterocycles. The summed E-state index contributed by atoms with van der Waals surface area (Å²) in [6.45, 7) is 3.48. The average molecular weight is 206 g/mol. The van der Waals surface area contributed by atoms with E-state index in [4.69, 9.17) is 10.5 Å². The molecule has 1 aromatic rings. The first-order valence-corrected chi connectivity index (χ1v) is 5.29. The van der Waals surface area contributed by atoms with Crippen molar-refractivity contribution in [3.63, 3.8) is 0 Å². The second-order valence-electron chi connectivity index (χ2n) is 4.22. The normalized spacial score (nSPS) is 19.9. The molecule has 0 radical (unpaired) electrons. The predicted octanol–water partition coefficient (Wildman–Crippen LogP) is 0.846. The van der Waals surface area contributed by atoms with Crippen LogP contribution in [0.1, 0.15) is 5.56 Å².